The molecule has 1 aliphatic carbocycles. The van der Waals surface area contributed by atoms with Crippen LogP contribution < -0.4 is 4.74 Å². The van der Waals surface area contributed by atoms with Crippen molar-refractivity contribution >= 4 is 0 Å². The Balaban J connectivity index is 2.11. The molecule has 0 saturated carbocycles. The fourth-order valence-electron chi connectivity index (χ4n) is 2.01. The summed E-state index contributed by atoms with van der Waals surface area (Å²) in [6.07, 6.45) is 1.46. The number of aliphatic hydroxyl groups excluding tert-OH is 1. The van der Waals surface area contributed by atoms with Crippen LogP contribution in [0.15, 0.2) is 18.2 Å². The van der Waals surface area contributed by atoms with Crippen LogP contribution in [0.2, 0.25) is 0 Å². The average Bonchev–Trinajstić information content (AvgIpc) is 2.69. The Kier molecular flexibility index (Phi) is 3.46. The largest absolute Gasteiger partial charge is 0.491 e. The summed E-state index contributed by atoms with van der Waals surface area (Å²) in [6.45, 7) is 2.51. The lowest BCUT2D eigenvalue weighted by atomic mass is 10.1. The fourth-order valence-corrected chi connectivity index (χ4v) is 2.01. The van der Waals surface area contributed by atoms with E-state index in [1.807, 2.05) is 25.1 Å². The second-order valence-electron chi connectivity index (χ2n) is 4.24. The summed E-state index contributed by atoms with van der Waals surface area (Å²) in [5, 5.41) is 9.75. The van der Waals surface area contributed by atoms with E-state index in [1.54, 1.807) is 7.11 Å². The first-order valence-electron chi connectivity index (χ1n) is 5.68. The van der Waals surface area contributed by atoms with E-state index < -0.39 is 0 Å². The summed E-state index contributed by atoms with van der Waals surface area (Å²) in [4.78, 5) is 0. The Labute approximate surface area is 96.0 Å². The van der Waals surface area contributed by atoms with Crippen LogP contribution in [0.25, 0.3) is 0 Å². The number of methoxy groups -OCH3 is 1. The maximum atomic E-state index is 9.75. The molecule has 0 spiro atoms. The molecule has 3 heteroatoms. The second kappa shape index (κ2) is 4.85. The van der Waals surface area contributed by atoms with Gasteiger partial charge >= 0.3 is 0 Å². The van der Waals surface area contributed by atoms with Crippen molar-refractivity contribution in [3.05, 3.63) is 29.3 Å². The van der Waals surface area contributed by atoms with Gasteiger partial charge in [0.1, 0.15) is 12.4 Å². The van der Waals surface area contributed by atoms with Gasteiger partial charge in [0.25, 0.3) is 0 Å². The molecule has 0 fully saturated rings. The Morgan fingerprint density at radius 2 is 2.31 bits per heavy atom. The Hall–Kier alpha value is -1.06. The van der Waals surface area contributed by atoms with Crippen LogP contribution in [0.3, 0.4) is 0 Å². The maximum absolute atomic E-state index is 9.75. The predicted molar refractivity (Wildman–Crippen MR) is 61.7 cm³/mol. The van der Waals surface area contributed by atoms with Gasteiger partial charge in [0.05, 0.1) is 12.2 Å². The highest BCUT2D eigenvalue weighted by Crippen LogP contribution is 2.36. The Bertz CT molecular complexity index is 362. The normalized spacial score (nSPS) is 20.6. The number of benzene rings is 1. The third kappa shape index (κ3) is 2.20. The van der Waals surface area contributed by atoms with Gasteiger partial charge in [-0.2, -0.15) is 0 Å². The Morgan fingerprint density at radius 1 is 1.50 bits per heavy atom. The number of ether oxygens (including phenoxy) is 2. The molecule has 2 atom stereocenters. The molecule has 16 heavy (non-hydrogen) atoms. The van der Waals surface area contributed by atoms with Crippen molar-refractivity contribution in [3.8, 4) is 5.75 Å². The summed E-state index contributed by atoms with van der Waals surface area (Å²) in [6, 6.07) is 5.86. The van der Waals surface area contributed by atoms with Gasteiger partial charge in [-0.25, -0.2) is 0 Å². The minimum atomic E-state index is -0.321. The maximum Gasteiger partial charge on any atom is 0.122 e. The first kappa shape index (κ1) is 11.4. The van der Waals surface area contributed by atoms with Crippen molar-refractivity contribution in [1.82, 2.24) is 0 Å². The number of aliphatic hydroxyl groups is 1. The monoisotopic (exact) mass is 222 g/mol. The lowest BCUT2D eigenvalue weighted by Gasteiger charge is -2.14. The van der Waals surface area contributed by atoms with Gasteiger partial charge in [0.15, 0.2) is 0 Å². The van der Waals surface area contributed by atoms with Crippen LogP contribution in [0, 0.1) is 0 Å². The molecule has 0 heterocycles. The van der Waals surface area contributed by atoms with Crippen molar-refractivity contribution in [2.75, 3.05) is 13.7 Å². The van der Waals surface area contributed by atoms with Gasteiger partial charge in [-0.1, -0.05) is 12.1 Å². The van der Waals surface area contributed by atoms with Gasteiger partial charge in [-0.15, -0.1) is 0 Å². The molecule has 88 valence electrons. The molecular formula is C13H18O3. The van der Waals surface area contributed by atoms with Gasteiger partial charge in [-0.3, -0.25) is 0 Å². The van der Waals surface area contributed by atoms with Crippen LogP contribution in [0.4, 0.5) is 0 Å². The van der Waals surface area contributed by atoms with E-state index in [2.05, 4.69) is 0 Å². The molecule has 2 rings (SSSR count). The predicted octanol–water partition coefficient (Wildman–Crippen LogP) is 2.08. The fraction of sp³-hybridized carbons (Fsp3) is 0.538. The van der Waals surface area contributed by atoms with Crippen LogP contribution >= 0.6 is 0 Å². The topological polar surface area (TPSA) is 38.7 Å². The molecular weight excluding hydrogens is 204 g/mol. The highest BCUT2D eigenvalue weighted by atomic mass is 16.5. The van der Waals surface area contributed by atoms with Gasteiger partial charge < -0.3 is 14.6 Å². The molecule has 0 radical (unpaired) electrons. The SMILES string of the molecule is COC(C)COc1cccc2c1CCC2O. The molecule has 0 saturated heterocycles. The number of hydrogen-bond donors (Lipinski definition) is 1. The Morgan fingerprint density at radius 3 is 3.06 bits per heavy atom. The summed E-state index contributed by atoms with van der Waals surface area (Å²) < 4.78 is 10.9. The molecule has 3 nitrogen and oxygen atoms in total. The molecule has 1 aromatic rings. The van der Waals surface area contributed by atoms with E-state index >= 15 is 0 Å². The van der Waals surface area contributed by atoms with Crippen molar-refractivity contribution in [3.63, 3.8) is 0 Å². The van der Waals surface area contributed by atoms with E-state index in [0.717, 1.165) is 29.7 Å². The van der Waals surface area contributed by atoms with Crippen molar-refractivity contribution in [1.29, 1.82) is 0 Å². The lowest BCUT2D eigenvalue weighted by molar-refractivity contribution is 0.0713. The minimum absolute atomic E-state index is 0.0854. The lowest BCUT2D eigenvalue weighted by Crippen LogP contribution is -2.16. The third-order valence-electron chi connectivity index (χ3n) is 3.07. The summed E-state index contributed by atoms with van der Waals surface area (Å²) >= 11 is 0. The quantitative estimate of drug-likeness (QED) is 0.847. The van der Waals surface area contributed by atoms with Crippen LogP contribution in [-0.4, -0.2) is 24.9 Å². The standard InChI is InChI=1S/C13H18O3/c1-9(15-2)8-16-13-5-3-4-10-11(13)6-7-12(10)14/h3-5,9,12,14H,6-8H2,1-2H3. The van der Waals surface area contributed by atoms with E-state index in [-0.39, 0.29) is 12.2 Å². The van der Waals surface area contributed by atoms with Gasteiger partial charge in [0.2, 0.25) is 0 Å². The first-order valence-corrected chi connectivity index (χ1v) is 5.68. The van der Waals surface area contributed by atoms with Crippen molar-refractivity contribution in [2.24, 2.45) is 0 Å². The molecule has 0 aromatic heterocycles. The number of hydrogen-bond acceptors (Lipinski definition) is 3. The highest BCUT2D eigenvalue weighted by Gasteiger charge is 2.23. The highest BCUT2D eigenvalue weighted by molar-refractivity contribution is 5.44. The molecule has 0 amide bonds. The van der Waals surface area contributed by atoms with Crippen LogP contribution in [-0.2, 0) is 11.2 Å². The van der Waals surface area contributed by atoms with Crippen LogP contribution in [0.5, 0.6) is 5.75 Å². The second-order valence-corrected chi connectivity index (χ2v) is 4.24. The van der Waals surface area contributed by atoms with Crippen molar-refractivity contribution in [2.45, 2.75) is 32.0 Å². The zero-order chi connectivity index (χ0) is 11.5. The molecule has 2 unspecified atom stereocenters. The smallest absolute Gasteiger partial charge is 0.122 e. The van der Waals surface area contributed by atoms with E-state index in [1.165, 1.54) is 0 Å². The van der Waals surface area contributed by atoms with E-state index in [4.69, 9.17) is 9.47 Å². The summed E-state index contributed by atoms with van der Waals surface area (Å²) in [7, 11) is 1.67. The molecule has 1 N–H and O–H groups in total. The van der Waals surface area contributed by atoms with E-state index in [9.17, 15) is 5.11 Å². The average molecular weight is 222 g/mol. The van der Waals surface area contributed by atoms with Gasteiger partial charge in [0, 0.05) is 12.7 Å². The molecule has 0 aliphatic heterocycles. The van der Waals surface area contributed by atoms with E-state index in [0.29, 0.717) is 6.61 Å². The molecule has 1 aromatic carbocycles. The zero-order valence-corrected chi connectivity index (χ0v) is 9.77. The molecule has 0 bridgehead atoms. The van der Waals surface area contributed by atoms with Crippen LogP contribution in [0.1, 0.15) is 30.6 Å². The summed E-state index contributed by atoms with van der Waals surface area (Å²) in [5.74, 6) is 0.887. The van der Waals surface area contributed by atoms with Gasteiger partial charge in [-0.05, 0) is 31.4 Å². The minimum Gasteiger partial charge on any atom is -0.491 e. The zero-order valence-electron chi connectivity index (χ0n) is 9.77. The molecule has 1 aliphatic rings. The first-order chi connectivity index (χ1) is 7.72. The third-order valence-corrected chi connectivity index (χ3v) is 3.07. The van der Waals surface area contributed by atoms with Crippen molar-refractivity contribution < 1.29 is 14.6 Å². The summed E-state index contributed by atoms with van der Waals surface area (Å²) in [5.41, 5.74) is 2.17. The number of rotatable bonds is 4. The number of fused-ring (bicyclic) bond motifs is 1.